The third-order valence-electron chi connectivity index (χ3n) is 2.47. The molecule has 1 N–H and O–H groups in total. The average molecular weight is 272 g/mol. The van der Waals surface area contributed by atoms with Gasteiger partial charge in [0, 0.05) is 18.5 Å². The summed E-state index contributed by atoms with van der Waals surface area (Å²) in [7, 11) is 0. The summed E-state index contributed by atoms with van der Waals surface area (Å²) in [5.41, 5.74) is 0. The molecule has 0 amide bonds. The molecule has 1 aromatic rings. The van der Waals surface area contributed by atoms with E-state index in [1.807, 2.05) is 19.9 Å². The van der Waals surface area contributed by atoms with Gasteiger partial charge >= 0.3 is 0 Å². The minimum atomic E-state index is 0.619. The first-order chi connectivity index (χ1) is 8.76. The smallest absolute Gasteiger partial charge is 0.218 e. The number of aromatic nitrogens is 2. The molecule has 0 spiro atoms. The van der Waals surface area contributed by atoms with Crippen LogP contribution < -0.4 is 10.1 Å². The highest BCUT2D eigenvalue weighted by molar-refractivity contribution is 6.17. The minimum Gasteiger partial charge on any atom is -0.478 e. The summed E-state index contributed by atoms with van der Waals surface area (Å²) in [5.74, 6) is 2.96. The summed E-state index contributed by atoms with van der Waals surface area (Å²) < 4.78 is 5.38. The van der Waals surface area contributed by atoms with Crippen molar-refractivity contribution in [1.29, 1.82) is 0 Å². The van der Waals surface area contributed by atoms with Crippen molar-refractivity contribution < 1.29 is 4.74 Å². The van der Waals surface area contributed by atoms with Crippen LogP contribution in [0.15, 0.2) is 6.07 Å². The Morgan fingerprint density at radius 2 is 2.00 bits per heavy atom. The van der Waals surface area contributed by atoms with E-state index < -0.39 is 0 Å². The predicted octanol–water partition coefficient (Wildman–Crippen LogP) is 3.39. The molecule has 0 bridgehead atoms. The van der Waals surface area contributed by atoms with Gasteiger partial charge in [-0.15, -0.1) is 11.6 Å². The number of nitrogens with one attached hydrogen (secondary N) is 1. The third kappa shape index (κ3) is 6.05. The maximum atomic E-state index is 5.63. The molecule has 0 saturated heterocycles. The highest BCUT2D eigenvalue weighted by atomic mass is 35.5. The Morgan fingerprint density at radius 1 is 1.22 bits per heavy atom. The molecular weight excluding hydrogens is 250 g/mol. The maximum Gasteiger partial charge on any atom is 0.218 e. The van der Waals surface area contributed by atoms with Gasteiger partial charge in [-0.25, -0.2) is 4.98 Å². The van der Waals surface area contributed by atoms with Crippen molar-refractivity contribution in [2.24, 2.45) is 0 Å². The molecule has 18 heavy (non-hydrogen) atoms. The first-order valence-electron chi connectivity index (χ1n) is 6.54. The molecule has 0 aliphatic carbocycles. The zero-order chi connectivity index (χ0) is 13.2. The molecule has 0 unspecified atom stereocenters. The number of halogens is 1. The van der Waals surface area contributed by atoms with E-state index in [1.165, 1.54) is 12.8 Å². The molecule has 0 aliphatic rings. The van der Waals surface area contributed by atoms with Crippen LogP contribution in [0.25, 0.3) is 0 Å². The van der Waals surface area contributed by atoms with E-state index in [2.05, 4.69) is 15.3 Å². The van der Waals surface area contributed by atoms with Crippen LogP contribution in [0.5, 0.6) is 5.88 Å². The van der Waals surface area contributed by atoms with Gasteiger partial charge in [-0.1, -0.05) is 12.8 Å². The summed E-state index contributed by atoms with van der Waals surface area (Å²) in [4.78, 5) is 8.53. The molecule has 5 heteroatoms. The molecule has 1 rings (SSSR count). The van der Waals surface area contributed by atoms with Crippen LogP contribution in [0.3, 0.4) is 0 Å². The van der Waals surface area contributed by atoms with Crippen molar-refractivity contribution in [3.63, 3.8) is 0 Å². The van der Waals surface area contributed by atoms with E-state index in [9.17, 15) is 0 Å². The fourth-order valence-corrected chi connectivity index (χ4v) is 1.83. The minimum absolute atomic E-state index is 0.619. The van der Waals surface area contributed by atoms with Crippen molar-refractivity contribution in [2.75, 3.05) is 24.3 Å². The number of rotatable bonds is 9. The summed E-state index contributed by atoms with van der Waals surface area (Å²) >= 11 is 5.63. The number of alkyl halides is 1. The first-order valence-corrected chi connectivity index (χ1v) is 7.08. The molecule has 102 valence electrons. The highest BCUT2D eigenvalue weighted by Crippen LogP contribution is 2.13. The molecule has 0 aliphatic heterocycles. The van der Waals surface area contributed by atoms with Crippen molar-refractivity contribution in [2.45, 2.75) is 39.5 Å². The van der Waals surface area contributed by atoms with Crippen molar-refractivity contribution in [3.8, 4) is 5.88 Å². The van der Waals surface area contributed by atoms with Gasteiger partial charge < -0.3 is 10.1 Å². The standard InChI is InChI=1S/C13H22ClN3O/c1-3-18-13-10-12(16-11(2)17-13)15-9-7-5-4-6-8-14/h10H,3-9H2,1-2H3,(H,15,16,17). The van der Waals surface area contributed by atoms with Gasteiger partial charge in [-0.3, -0.25) is 0 Å². The number of unbranched alkanes of at least 4 members (excludes halogenated alkanes) is 3. The van der Waals surface area contributed by atoms with E-state index in [4.69, 9.17) is 16.3 Å². The zero-order valence-corrected chi connectivity index (χ0v) is 12.0. The highest BCUT2D eigenvalue weighted by Gasteiger charge is 2.01. The zero-order valence-electron chi connectivity index (χ0n) is 11.2. The van der Waals surface area contributed by atoms with Crippen LogP contribution in [-0.4, -0.2) is 29.0 Å². The summed E-state index contributed by atoms with van der Waals surface area (Å²) in [6, 6.07) is 1.84. The van der Waals surface area contributed by atoms with Gasteiger partial charge in [-0.2, -0.15) is 4.98 Å². The first kappa shape index (κ1) is 15.0. The van der Waals surface area contributed by atoms with E-state index >= 15 is 0 Å². The van der Waals surface area contributed by atoms with Crippen LogP contribution in [-0.2, 0) is 0 Å². The summed E-state index contributed by atoms with van der Waals surface area (Å²) in [5, 5.41) is 3.30. The van der Waals surface area contributed by atoms with Crippen molar-refractivity contribution >= 4 is 17.4 Å². The molecule has 1 aromatic heterocycles. The Bertz CT molecular complexity index is 347. The average Bonchev–Trinajstić information content (AvgIpc) is 2.33. The van der Waals surface area contributed by atoms with Gasteiger partial charge in [0.25, 0.3) is 0 Å². The number of hydrogen-bond donors (Lipinski definition) is 1. The van der Waals surface area contributed by atoms with Gasteiger partial charge in [0.1, 0.15) is 11.6 Å². The number of ether oxygens (including phenoxy) is 1. The molecule has 0 atom stereocenters. The lowest BCUT2D eigenvalue weighted by Gasteiger charge is -2.08. The lowest BCUT2D eigenvalue weighted by atomic mass is 10.2. The Morgan fingerprint density at radius 3 is 2.72 bits per heavy atom. The second kappa shape index (κ2) is 8.97. The van der Waals surface area contributed by atoms with E-state index in [1.54, 1.807) is 0 Å². The quantitative estimate of drug-likeness (QED) is 0.552. The lowest BCUT2D eigenvalue weighted by Crippen LogP contribution is -2.06. The normalized spacial score (nSPS) is 10.4. The Balaban J connectivity index is 2.32. The fraction of sp³-hybridized carbons (Fsp3) is 0.692. The largest absolute Gasteiger partial charge is 0.478 e. The Labute approximate surface area is 114 Å². The monoisotopic (exact) mass is 271 g/mol. The van der Waals surface area contributed by atoms with Crippen LogP contribution >= 0.6 is 11.6 Å². The summed E-state index contributed by atoms with van der Waals surface area (Å²) in [6.45, 7) is 5.36. The van der Waals surface area contributed by atoms with Crippen LogP contribution in [0.2, 0.25) is 0 Å². The maximum absolute atomic E-state index is 5.63. The topological polar surface area (TPSA) is 47.0 Å². The van der Waals surface area contributed by atoms with E-state index in [0.29, 0.717) is 12.5 Å². The van der Waals surface area contributed by atoms with Crippen LogP contribution in [0, 0.1) is 6.92 Å². The number of anilines is 1. The Kier molecular flexibility index (Phi) is 7.49. The van der Waals surface area contributed by atoms with Crippen molar-refractivity contribution in [1.82, 2.24) is 9.97 Å². The lowest BCUT2D eigenvalue weighted by molar-refractivity contribution is 0.325. The van der Waals surface area contributed by atoms with Crippen LogP contribution in [0.1, 0.15) is 38.4 Å². The third-order valence-corrected chi connectivity index (χ3v) is 2.74. The number of aryl methyl sites for hydroxylation is 1. The van der Waals surface area contributed by atoms with Gasteiger partial charge in [-0.05, 0) is 26.7 Å². The molecular formula is C13H22ClN3O. The molecule has 0 radical (unpaired) electrons. The van der Waals surface area contributed by atoms with Gasteiger partial charge in [0.05, 0.1) is 6.61 Å². The second-order valence-corrected chi connectivity index (χ2v) is 4.48. The fourth-order valence-electron chi connectivity index (χ4n) is 1.64. The van der Waals surface area contributed by atoms with E-state index in [0.717, 1.165) is 36.9 Å². The predicted molar refractivity (Wildman–Crippen MR) is 75.6 cm³/mol. The number of nitrogens with zero attached hydrogens (tertiary/aromatic N) is 2. The van der Waals surface area contributed by atoms with Gasteiger partial charge in [0.15, 0.2) is 0 Å². The molecule has 1 heterocycles. The summed E-state index contributed by atoms with van der Waals surface area (Å²) in [6.07, 6.45) is 4.62. The van der Waals surface area contributed by atoms with E-state index in [-0.39, 0.29) is 0 Å². The van der Waals surface area contributed by atoms with Gasteiger partial charge in [0.2, 0.25) is 5.88 Å². The Hall–Kier alpha value is -1.03. The molecule has 0 fully saturated rings. The van der Waals surface area contributed by atoms with Crippen molar-refractivity contribution in [3.05, 3.63) is 11.9 Å². The molecule has 0 aromatic carbocycles. The van der Waals surface area contributed by atoms with Crippen LogP contribution in [0.4, 0.5) is 5.82 Å². The SMILES string of the molecule is CCOc1cc(NCCCCCCCl)nc(C)n1. The number of hydrogen-bond acceptors (Lipinski definition) is 4. The molecule has 4 nitrogen and oxygen atoms in total. The second-order valence-electron chi connectivity index (χ2n) is 4.10. The molecule has 0 saturated carbocycles.